The first-order valence-electron chi connectivity index (χ1n) is 19.5. The molecule has 13 nitrogen and oxygen atoms in total. The number of aromatic nitrogens is 1. The number of amides is 3. The summed E-state index contributed by atoms with van der Waals surface area (Å²) in [6, 6.07) is 15.8. The molecule has 7 rings (SSSR count). The van der Waals surface area contributed by atoms with Crippen LogP contribution in [0, 0.1) is 17.3 Å². The highest BCUT2D eigenvalue weighted by molar-refractivity contribution is 9.10. The second kappa shape index (κ2) is 15.1. The molecule has 5 atom stereocenters. The Labute approximate surface area is 346 Å². The fourth-order valence-electron chi connectivity index (χ4n) is 7.61. The van der Waals surface area contributed by atoms with Gasteiger partial charge in [0.2, 0.25) is 21.8 Å². The predicted molar refractivity (Wildman–Crippen MR) is 222 cm³/mol. The number of hydrogen-bond donors (Lipinski definition) is 2. The summed E-state index contributed by atoms with van der Waals surface area (Å²) < 4.78 is 47.3. The Morgan fingerprint density at radius 2 is 1.78 bits per heavy atom. The second-order valence-corrected chi connectivity index (χ2v) is 20.5. The number of carbonyl (C=O) groups is 4. The third-order valence-electron chi connectivity index (χ3n) is 10.9. The van der Waals surface area contributed by atoms with Crippen LogP contribution in [-0.2, 0) is 33.9 Å². The van der Waals surface area contributed by atoms with E-state index in [1.807, 2.05) is 69.3 Å². The number of likely N-dealkylation sites (tertiary alicyclic amines) is 1. The number of sulfonamides is 1. The summed E-state index contributed by atoms with van der Waals surface area (Å²) in [5.41, 5.74) is -0.0966. The fraction of sp³-hybridized carbons (Fsp3) is 0.465. The molecule has 15 heteroatoms. The molecule has 1 aliphatic heterocycles. The average Bonchev–Trinajstić information content (AvgIpc) is 4.05. The van der Waals surface area contributed by atoms with E-state index < -0.39 is 79.5 Å². The number of ether oxygens (including phenoxy) is 2. The first kappa shape index (κ1) is 41.4. The summed E-state index contributed by atoms with van der Waals surface area (Å²) in [6.07, 6.45) is 1.56. The van der Waals surface area contributed by atoms with E-state index in [1.165, 1.54) is 11.0 Å². The molecule has 2 aliphatic carbocycles. The van der Waals surface area contributed by atoms with Crippen molar-refractivity contribution in [1.82, 2.24) is 19.9 Å². The molecule has 3 amide bonds. The SMILES string of the molecule is C=C[C@@H]1C[C@]1(NC(=O)[C@@H]1C[C@@H](Oc2cc(-c3ccccc3)nc3c2oc2ccc(Br)cc23)CN1C(=O)[C@@H](CC(=O)OC(C)(C)C)C(C)(C)C)C(=O)NS(=O)(=O)C1CC1. The molecule has 0 spiro atoms. The number of benzene rings is 2. The lowest BCUT2D eigenvalue weighted by molar-refractivity contribution is -0.161. The molecule has 58 heavy (non-hydrogen) atoms. The van der Waals surface area contributed by atoms with Gasteiger partial charge in [0.25, 0.3) is 5.91 Å². The molecule has 2 N–H and O–H groups in total. The first-order chi connectivity index (χ1) is 27.2. The number of carbonyl (C=O) groups excluding carboxylic acids is 4. The molecule has 2 aromatic carbocycles. The summed E-state index contributed by atoms with van der Waals surface area (Å²) in [5, 5.41) is 2.94. The summed E-state index contributed by atoms with van der Waals surface area (Å²) in [7, 11) is -3.92. The zero-order valence-electron chi connectivity index (χ0n) is 33.5. The van der Waals surface area contributed by atoms with Crippen LogP contribution < -0.4 is 14.8 Å². The number of esters is 1. The Hall–Kier alpha value is -4.76. The maximum atomic E-state index is 14.8. The minimum absolute atomic E-state index is 0.00790. The van der Waals surface area contributed by atoms with Crippen molar-refractivity contribution in [3.63, 3.8) is 0 Å². The molecule has 2 aromatic heterocycles. The van der Waals surface area contributed by atoms with E-state index in [9.17, 15) is 27.6 Å². The van der Waals surface area contributed by atoms with Gasteiger partial charge in [-0.2, -0.15) is 0 Å². The van der Waals surface area contributed by atoms with E-state index in [-0.39, 0.29) is 25.8 Å². The fourth-order valence-corrected chi connectivity index (χ4v) is 9.33. The largest absolute Gasteiger partial charge is 0.484 e. The topological polar surface area (TPSA) is 174 Å². The number of fused-ring (bicyclic) bond motifs is 3. The molecule has 0 bridgehead atoms. The van der Waals surface area contributed by atoms with Crippen LogP contribution in [0.2, 0.25) is 0 Å². The lowest BCUT2D eigenvalue weighted by atomic mass is 9.77. The molecule has 3 aliphatic rings. The highest BCUT2D eigenvalue weighted by Gasteiger charge is 2.62. The van der Waals surface area contributed by atoms with E-state index >= 15 is 0 Å². The van der Waals surface area contributed by atoms with E-state index in [0.717, 1.165) is 15.4 Å². The Balaban J connectivity index is 1.24. The van der Waals surface area contributed by atoms with Gasteiger partial charge in [-0.05, 0) is 63.6 Å². The molecule has 0 radical (unpaired) electrons. The van der Waals surface area contributed by atoms with Gasteiger partial charge in [0.1, 0.15) is 34.4 Å². The van der Waals surface area contributed by atoms with E-state index in [4.69, 9.17) is 18.9 Å². The van der Waals surface area contributed by atoms with Crippen molar-refractivity contribution in [2.24, 2.45) is 17.3 Å². The molecular formula is C43H49BrN4O9S. The van der Waals surface area contributed by atoms with Gasteiger partial charge in [-0.1, -0.05) is 73.1 Å². The lowest BCUT2D eigenvalue weighted by Crippen LogP contribution is -2.57. The van der Waals surface area contributed by atoms with Gasteiger partial charge in [-0.25, -0.2) is 13.4 Å². The summed E-state index contributed by atoms with van der Waals surface area (Å²) >= 11 is 3.55. The predicted octanol–water partition coefficient (Wildman–Crippen LogP) is 6.82. The molecule has 3 heterocycles. The standard InChI is InChI=1S/C43H49BrN4O9S/c1-8-25-22-43(25,40(52)47-58(53,54)28-15-16-28)46-38(50)32-19-27(23-48(32)39(51)30(41(2,3)4)20-35(49)57-42(5,6)7)55-34-21-31(24-12-10-9-11-13-24)45-36-29-18-26(44)14-17-33(29)56-37(34)36/h8-14,17-18,21,25,27-28,30,32H,1,15-16,19-20,22-23H2,2-7H3,(H,46,50)(H,47,52)/t25-,27-,30-,32+,43-/m1/s1. The van der Waals surface area contributed by atoms with Crippen molar-refractivity contribution in [2.45, 2.75) is 102 Å². The van der Waals surface area contributed by atoms with E-state index in [1.54, 1.807) is 26.8 Å². The van der Waals surface area contributed by atoms with Gasteiger partial charge < -0.3 is 24.1 Å². The van der Waals surface area contributed by atoms with Gasteiger partial charge in [-0.3, -0.25) is 23.9 Å². The van der Waals surface area contributed by atoms with Crippen LogP contribution in [0.25, 0.3) is 33.3 Å². The Morgan fingerprint density at radius 1 is 1.07 bits per heavy atom. The van der Waals surface area contributed by atoms with Crippen LogP contribution in [-0.4, -0.2) is 77.1 Å². The molecule has 0 unspecified atom stereocenters. The van der Waals surface area contributed by atoms with Crippen molar-refractivity contribution < 1.29 is 41.5 Å². The maximum Gasteiger partial charge on any atom is 0.307 e. The van der Waals surface area contributed by atoms with Crippen molar-refractivity contribution in [2.75, 3.05) is 6.54 Å². The molecule has 3 fully saturated rings. The van der Waals surface area contributed by atoms with Gasteiger partial charge >= 0.3 is 5.97 Å². The molecule has 1 saturated heterocycles. The van der Waals surface area contributed by atoms with Crippen LogP contribution in [0.1, 0.15) is 73.6 Å². The van der Waals surface area contributed by atoms with E-state index in [2.05, 4.69) is 32.5 Å². The van der Waals surface area contributed by atoms with Crippen molar-refractivity contribution in [3.8, 4) is 17.0 Å². The number of pyridine rings is 1. The highest BCUT2D eigenvalue weighted by Crippen LogP contribution is 2.46. The quantitative estimate of drug-likeness (QED) is 0.114. The van der Waals surface area contributed by atoms with Crippen molar-refractivity contribution in [1.29, 1.82) is 0 Å². The van der Waals surface area contributed by atoms with Crippen LogP contribution in [0.5, 0.6) is 5.75 Å². The third kappa shape index (κ3) is 8.52. The minimum Gasteiger partial charge on any atom is -0.484 e. The van der Waals surface area contributed by atoms with Gasteiger partial charge in [0, 0.05) is 33.8 Å². The van der Waals surface area contributed by atoms with Crippen molar-refractivity contribution in [3.05, 3.63) is 71.7 Å². The molecule has 308 valence electrons. The Kier molecular flexibility index (Phi) is 10.8. The first-order valence-corrected chi connectivity index (χ1v) is 21.8. The van der Waals surface area contributed by atoms with Crippen LogP contribution in [0.3, 0.4) is 0 Å². The number of halogens is 1. The highest BCUT2D eigenvalue weighted by atomic mass is 79.9. The molecule has 4 aromatic rings. The number of nitrogens with one attached hydrogen (secondary N) is 2. The number of rotatable bonds is 12. The zero-order valence-corrected chi connectivity index (χ0v) is 35.9. The maximum absolute atomic E-state index is 14.8. The Bertz CT molecular complexity index is 2420. The smallest absolute Gasteiger partial charge is 0.307 e. The monoisotopic (exact) mass is 876 g/mol. The average molecular weight is 878 g/mol. The van der Waals surface area contributed by atoms with Crippen LogP contribution >= 0.6 is 15.9 Å². The van der Waals surface area contributed by atoms with Crippen LogP contribution in [0.4, 0.5) is 0 Å². The Morgan fingerprint density at radius 3 is 2.40 bits per heavy atom. The van der Waals surface area contributed by atoms with Crippen LogP contribution in [0.15, 0.2) is 76.1 Å². The third-order valence-corrected chi connectivity index (χ3v) is 13.3. The lowest BCUT2D eigenvalue weighted by Gasteiger charge is -2.35. The minimum atomic E-state index is -3.92. The number of hydrogen-bond acceptors (Lipinski definition) is 10. The van der Waals surface area contributed by atoms with Gasteiger partial charge in [-0.15, -0.1) is 6.58 Å². The van der Waals surface area contributed by atoms with Crippen molar-refractivity contribution >= 4 is 71.7 Å². The second-order valence-electron chi connectivity index (χ2n) is 17.7. The molecular weight excluding hydrogens is 828 g/mol. The number of nitrogens with zero attached hydrogens (tertiary/aromatic N) is 2. The van der Waals surface area contributed by atoms with E-state index in [0.29, 0.717) is 41.0 Å². The van der Waals surface area contributed by atoms with Gasteiger partial charge in [0.05, 0.1) is 29.8 Å². The zero-order chi connectivity index (χ0) is 41.9. The summed E-state index contributed by atoms with van der Waals surface area (Å²) in [6.45, 7) is 14.5. The molecule has 2 saturated carbocycles. The van der Waals surface area contributed by atoms with Gasteiger partial charge in [0.15, 0.2) is 11.3 Å². The summed E-state index contributed by atoms with van der Waals surface area (Å²) in [4.78, 5) is 62.5. The summed E-state index contributed by atoms with van der Waals surface area (Å²) in [5.74, 6) is -3.61. The number of furan rings is 1. The normalized spacial score (nSPS) is 22.7.